The number of hydrogen-bond donors (Lipinski definition) is 1. The predicted molar refractivity (Wildman–Crippen MR) is 83.8 cm³/mol. The molecule has 2 saturated carbocycles. The van der Waals surface area contributed by atoms with E-state index >= 15 is 0 Å². The minimum absolute atomic E-state index is 0.134. The largest absolute Gasteiger partial charge is 0.295 e. The van der Waals surface area contributed by atoms with E-state index in [2.05, 4.69) is 25.5 Å². The van der Waals surface area contributed by atoms with Crippen molar-refractivity contribution < 1.29 is 8.42 Å². The van der Waals surface area contributed by atoms with Gasteiger partial charge in [0.05, 0.1) is 17.0 Å². The average molecular weight is 324 g/mol. The van der Waals surface area contributed by atoms with Crippen LogP contribution in [0, 0.1) is 5.92 Å². The van der Waals surface area contributed by atoms with E-state index in [1.807, 2.05) is 6.20 Å². The van der Waals surface area contributed by atoms with Crippen LogP contribution >= 0.6 is 0 Å². The molecule has 22 heavy (non-hydrogen) atoms. The lowest BCUT2D eigenvalue weighted by atomic mass is 10.1. The highest BCUT2D eigenvalue weighted by Crippen LogP contribution is 2.32. The number of sulfonamides is 1. The van der Waals surface area contributed by atoms with Crippen LogP contribution in [-0.2, 0) is 16.6 Å². The number of nitrogens with one attached hydrogen (secondary N) is 1. The first-order valence-corrected chi connectivity index (χ1v) is 9.90. The number of hydrogen-bond acceptors (Lipinski definition) is 4. The van der Waals surface area contributed by atoms with E-state index in [-0.39, 0.29) is 11.3 Å². The molecule has 0 radical (unpaired) electrons. The zero-order valence-electron chi connectivity index (χ0n) is 12.8. The van der Waals surface area contributed by atoms with E-state index < -0.39 is 10.0 Å². The first-order chi connectivity index (χ1) is 10.6. The van der Waals surface area contributed by atoms with Gasteiger partial charge in [0.1, 0.15) is 0 Å². The summed E-state index contributed by atoms with van der Waals surface area (Å²) < 4.78 is 28.7. The molecule has 6 nitrogen and oxygen atoms in total. The van der Waals surface area contributed by atoms with Crippen molar-refractivity contribution in [2.24, 2.45) is 5.92 Å². The summed E-state index contributed by atoms with van der Waals surface area (Å²) in [7, 11) is -3.07. The lowest BCUT2D eigenvalue weighted by Gasteiger charge is -2.34. The summed E-state index contributed by atoms with van der Waals surface area (Å²) in [5, 5.41) is 4.31. The van der Waals surface area contributed by atoms with E-state index in [0.29, 0.717) is 6.54 Å². The van der Waals surface area contributed by atoms with Crippen LogP contribution < -0.4 is 4.72 Å². The summed E-state index contributed by atoms with van der Waals surface area (Å²) in [6, 6.07) is 2.36. The van der Waals surface area contributed by atoms with Crippen molar-refractivity contribution in [3.05, 3.63) is 18.0 Å². The van der Waals surface area contributed by atoms with Gasteiger partial charge in [-0.1, -0.05) is 0 Å². The molecule has 1 aliphatic heterocycles. The predicted octanol–water partition coefficient (Wildman–Crippen LogP) is 1.12. The Kier molecular flexibility index (Phi) is 3.74. The van der Waals surface area contributed by atoms with Crippen molar-refractivity contribution in [3.63, 3.8) is 0 Å². The van der Waals surface area contributed by atoms with E-state index in [4.69, 9.17) is 0 Å². The Labute approximate surface area is 131 Å². The summed E-state index contributed by atoms with van der Waals surface area (Å²) in [6.07, 6.45) is 7.02. The van der Waals surface area contributed by atoms with Crippen LogP contribution in [0.2, 0.25) is 0 Å². The standard InChI is InChI=1S/C15H24N4O2S/c20-22(21,15-3-4-15)17-8-6-14-11-18(9-12-1-2-12)10-13-5-7-16-19(13)14/h5,7,12,14-15,17H,1-4,6,8-11H2. The van der Waals surface area contributed by atoms with E-state index in [0.717, 1.165) is 38.3 Å². The number of nitrogens with zero attached hydrogens (tertiary/aromatic N) is 3. The normalized spacial score (nSPS) is 26.1. The molecular weight excluding hydrogens is 300 g/mol. The molecule has 1 aromatic rings. The smallest absolute Gasteiger partial charge is 0.214 e. The molecule has 0 amide bonds. The van der Waals surface area contributed by atoms with Crippen LogP contribution in [0.4, 0.5) is 0 Å². The van der Waals surface area contributed by atoms with E-state index in [1.165, 1.54) is 25.1 Å². The summed E-state index contributed by atoms with van der Waals surface area (Å²) in [4.78, 5) is 2.51. The fraction of sp³-hybridized carbons (Fsp3) is 0.800. The lowest BCUT2D eigenvalue weighted by molar-refractivity contribution is 0.163. The molecule has 0 spiro atoms. The summed E-state index contributed by atoms with van der Waals surface area (Å²) in [5.74, 6) is 0.878. The third-order valence-electron chi connectivity index (χ3n) is 4.91. The van der Waals surface area contributed by atoms with Crippen LogP contribution in [0.1, 0.15) is 43.8 Å². The van der Waals surface area contributed by atoms with Gasteiger partial charge in [0.25, 0.3) is 0 Å². The maximum Gasteiger partial charge on any atom is 0.214 e. The van der Waals surface area contributed by atoms with Gasteiger partial charge in [-0.2, -0.15) is 5.10 Å². The minimum Gasteiger partial charge on any atom is -0.295 e. The average Bonchev–Trinajstić information content (AvgIpc) is 3.37. The molecule has 1 N–H and O–H groups in total. The maximum atomic E-state index is 11.9. The fourth-order valence-electron chi connectivity index (χ4n) is 3.35. The molecule has 1 atom stereocenters. The third-order valence-corrected chi connectivity index (χ3v) is 6.87. The highest BCUT2D eigenvalue weighted by Gasteiger charge is 2.36. The van der Waals surface area contributed by atoms with Crippen molar-refractivity contribution in [1.29, 1.82) is 0 Å². The third kappa shape index (κ3) is 3.21. The molecular formula is C15H24N4O2S. The molecule has 0 aromatic carbocycles. The number of fused-ring (bicyclic) bond motifs is 1. The Morgan fingerprint density at radius 3 is 2.82 bits per heavy atom. The summed E-state index contributed by atoms with van der Waals surface area (Å²) in [6.45, 7) is 3.65. The Hall–Kier alpha value is -0.920. The van der Waals surface area contributed by atoms with E-state index in [1.54, 1.807) is 0 Å². The van der Waals surface area contributed by atoms with Gasteiger partial charge in [-0.15, -0.1) is 0 Å². The van der Waals surface area contributed by atoms with Gasteiger partial charge < -0.3 is 0 Å². The highest BCUT2D eigenvalue weighted by molar-refractivity contribution is 7.90. The fourth-order valence-corrected chi connectivity index (χ4v) is 4.74. The van der Waals surface area contributed by atoms with Crippen LogP contribution in [-0.4, -0.2) is 48.0 Å². The molecule has 0 saturated heterocycles. The molecule has 4 rings (SSSR count). The van der Waals surface area contributed by atoms with Crippen molar-refractivity contribution in [2.75, 3.05) is 19.6 Å². The van der Waals surface area contributed by atoms with Crippen molar-refractivity contribution in [2.45, 2.75) is 49.9 Å². The summed E-state index contributed by atoms with van der Waals surface area (Å²) in [5.41, 5.74) is 1.25. The second-order valence-corrected chi connectivity index (χ2v) is 9.03. The van der Waals surface area contributed by atoms with Gasteiger partial charge >= 0.3 is 0 Å². The molecule has 2 heterocycles. The number of rotatable bonds is 7. The Bertz CT molecular complexity index is 634. The monoisotopic (exact) mass is 324 g/mol. The zero-order valence-corrected chi connectivity index (χ0v) is 13.6. The topological polar surface area (TPSA) is 67.2 Å². The molecule has 1 aromatic heterocycles. The molecule has 3 aliphatic rings. The van der Waals surface area contributed by atoms with Crippen LogP contribution in [0.3, 0.4) is 0 Å². The van der Waals surface area contributed by atoms with Gasteiger partial charge in [0.15, 0.2) is 0 Å². The highest BCUT2D eigenvalue weighted by atomic mass is 32.2. The first-order valence-electron chi connectivity index (χ1n) is 8.35. The van der Waals surface area contributed by atoms with Gasteiger partial charge in [-0.05, 0) is 44.1 Å². The Balaban J connectivity index is 1.37. The first kappa shape index (κ1) is 14.7. The van der Waals surface area contributed by atoms with Crippen LogP contribution in [0.5, 0.6) is 0 Å². The van der Waals surface area contributed by atoms with Gasteiger partial charge in [-0.25, -0.2) is 13.1 Å². The van der Waals surface area contributed by atoms with Gasteiger partial charge in [0, 0.05) is 32.4 Å². The molecule has 7 heteroatoms. The second-order valence-electron chi connectivity index (χ2n) is 6.99. The Morgan fingerprint density at radius 1 is 1.27 bits per heavy atom. The van der Waals surface area contributed by atoms with Crippen LogP contribution in [0.15, 0.2) is 12.3 Å². The quantitative estimate of drug-likeness (QED) is 0.816. The zero-order chi connectivity index (χ0) is 15.2. The number of aromatic nitrogens is 2. The van der Waals surface area contributed by atoms with Crippen molar-refractivity contribution >= 4 is 10.0 Å². The minimum atomic E-state index is -3.07. The van der Waals surface area contributed by atoms with E-state index in [9.17, 15) is 8.42 Å². The molecule has 122 valence electrons. The van der Waals surface area contributed by atoms with Crippen molar-refractivity contribution in [1.82, 2.24) is 19.4 Å². The molecule has 2 fully saturated rings. The SMILES string of the molecule is O=S(=O)(NCCC1CN(CC2CC2)Cc2ccnn21)C1CC1. The van der Waals surface area contributed by atoms with Crippen LogP contribution in [0.25, 0.3) is 0 Å². The molecule has 0 bridgehead atoms. The van der Waals surface area contributed by atoms with Crippen molar-refractivity contribution in [3.8, 4) is 0 Å². The summed E-state index contributed by atoms with van der Waals surface area (Å²) >= 11 is 0. The lowest BCUT2D eigenvalue weighted by Crippen LogP contribution is -2.40. The Morgan fingerprint density at radius 2 is 2.09 bits per heavy atom. The second kappa shape index (κ2) is 5.62. The maximum absolute atomic E-state index is 11.9. The van der Waals surface area contributed by atoms with Gasteiger partial charge in [-0.3, -0.25) is 9.58 Å². The molecule has 1 unspecified atom stereocenters. The molecule has 2 aliphatic carbocycles. The van der Waals surface area contributed by atoms with Gasteiger partial charge in [0.2, 0.25) is 10.0 Å².